The normalized spacial score (nSPS) is 24.5. The molecule has 0 bridgehead atoms. The Balaban J connectivity index is 2.18. The molecular weight excluding hydrogens is 424 g/mol. The molecule has 2 aliphatic carbocycles. The number of carbonyl (C=O) groups is 3. The Hall–Kier alpha value is -2.41. The Kier molecular flexibility index (Phi) is 7.22. The molecule has 0 spiro atoms. The first-order chi connectivity index (χ1) is 15.3. The van der Waals surface area contributed by atoms with Gasteiger partial charge in [-0.15, -0.1) is 0 Å². The maximum atomic E-state index is 12.1. The molecule has 3 unspecified atom stereocenters. The fourth-order valence-corrected chi connectivity index (χ4v) is 5.77. The zero-order chi connectivity index (χ0) is 24.6. The van der Waals surface area contributed by atoms with Gasteiger partial charge in [0.2, 0.25) is 0 Å². The van der Waals surface area contributed by atoms with Gasteiger partial charge in [-0.2, -0.15) is 0 Å². The predicted octanol–water partition coefficient (Wildman–Crippen LogP) is 4.25. The zero-order valence-corrected chi connectivity index (χ0v) is 20.6. The van der Waals surface area contributed by atoms with Crippen LogP contribution in [0.5, 0.6) is 11.5 Å². The van der Waals surface area contributed by atoms with Gasteiger partial charge in [-0.05, 0) is 42.6 Å². The second kappa shape index (κ2) is 9.45. The maximum Gasteiger partial charge on any atom is 0.308 e. The van der Waals surface area contributed by atoms with Crippen LogP contribution in [0.4, 0.5) is 0 Å². The van der Waals surface area contributed by atoms with Crippen molar-refractivity contribution in [3.8, 4) is 11.5 Å². The van der Waals surface area contributed by atoms with Gasteiger partial charge in [-0.25, -0.2) is 0 Å². The fraction of sp³-hybridized carbons (Fsp3) is 0.654. The van der Waals surface area contributed by atoms with Crippen molar-refractivity contribution in [3.63, 3.8) is 0 Å². The lowest BCUT2D eigenvalue weighted by atomic mass is 9.59. The first-order valence-corrected chi connectivity index (χ1v) is 11.8. The van der Waals surface area contributed by atoms with Gasteiger partial charge in [0.05, 0.1) is 12.2 Å². The molecule has 33 heavy (non-hydrogen) atoms. The minimum absolute atomic E-state index is 0.0131. The van der Waals surface area contributed by atoms with Crippen LogP contribution in [0, 0.1) is 11.3 Å². The number of rotatable bonds is 5. The van der Waals surface area contributed by atoms with Gasteiger partial charge in [-0.3, -0.25) is 14.4 Å². The minimum Gasteiger partial charge on any atom is -0.465 e. The summed E-state index contributed by atoms with van der Waals surface area (Å²) >= 11 is 0. The Morgan fingerprint density at radius 1 is 1.06 bits per heavy atom. The van der Waals surface area contributed by atoms with Crippen LogP contribution in [0.1, 0.15) is 89.8 Å². The van der Waals surface area contributed by atoms with Crippen LogP contribution in [0.2, 0.25) is 0 Å². The predicted molar refractivity (Wildman–Crippen MR) is 122 cm³/mol. The Bertz CT molecular complexity index is 948. The minimum atomic E-state index is -0.930. The number of esters is 3. The van der Waals surface area contributed by atoms with E-state index in [1.165, 1.54) is 20.8 Å². The molecule has 0 radical (unpaired) electrons. The molecule has 1 aromatic carbocycles. The average molecular weight is 461 g/mol. The summed E-state index contributed by atoms with van der Waals surface area (Å²) in [6.07, 6.45) is 4.48. The monoisotopic (exact) mass is 460 g/mol. The van der Waals surface area contributed by atoms with Crippen molar-refractivity contribution in [2.45, 2.75) is 91.6 Å². The first-order valence-electron chi connectivity index (χ1n) is 11.8. The lowest BCUT2D eigenvalue weighted by molar-refractivity contribution is -0.141. The number of aryl methyl sites for hydroxylation is 1. The smallest absolute Gasteiger partial charge is 0.308 e. The van der Waals surface area contributed by atoms with Crippen molar-refractivity contribution in [1.82, 2.24) is 0 Å². The van der Waals surface area contributed by atoms with E-state index in [9.17, 15) is 19.5 Å². The quantitative estimate of drug-likeness (QED) is 0.518. The van der Waals surface area contributed by atoms with E-state index in [-0.39, 0.29) is 35.4 Å². The van der Waals surface area contributed by atoms with Gasteiger partial charge in [0.15, 0.2) is 11.5 Å². The highest BCUT2D eigenvalue weighted by atomic mass is 16.6. The third-order valence-corrected chi connectivity index (χ3v) is 7.23. The molecule has 1 N–H and O–H groups in total. The Labute approximate surface area is 195 Å². The molecule has 0 aromatic heterocycles. The number of fused-ring (bicyclic) bond motifs is 2. The molecule has 0 amide bonds. The van der Waals surface area contributed by atoms with Crippen LogP contribution in [-0.2, 0) is 32.0 Å². The number of hydrogen-bond donors (Lipinski definition) is 1. The van der Waals surface area contributed by atoms with Crippen LogP contribution in [0.3, 0.4) is 0 Å². The summed E-state index contributed by atoms with van der Waals surface area (Å²) in [6.45, 7) is 10.3. The molecule has 3 atom stereocenters. The third-order valence-electron chi connectivity index (χ3n) is 7.23. The molecular formula is C26H36O7. The number of benzene rings is 1. The Morgan fingerprint density at radius 2 is 1.70 bits per heavy atom. The largest absolute Gasteiger partial charge is 0.465 e. The summed E-state index contributed by atoms with van der Waals surface area (Å²) < 4.78 is 16.4. The highest BCUT2D eigenvalue weighted by Crippen LogP contribution is 2.54. The molecule has 1 fully saturated rings. The van der Waals surface area contributed by atoms with E-state index in [2.05, 4.69) is 13.8 Å². The van der Waals surface area contributed by atoms with Crippen molar-refractivity contribution in [3.05, 3.63) is 22.8 Å². The van der Waals surface area contributed by atoms with E-state index in [1.807, 2.05) is 13.0 Å². The molecule has 3 rings (SSSR count). The van der Waals surface area contributed by atoms with Crippen molar-refractivity contribution >= 4 is 17.9 Å². The van der Waals surface area contributed by atoms with E-state index in [1.54, 1.807) is 0 Å². The van der Waals surface area contributed by atoms with Crippen molar-refractivity contribution in [1.29, 1.82) is 0 Å². The van der Waals surface area contributed by atoms with E-state index in [0.29, 0.717) is 30.4 Å². The average Bonchev–Trinajstić information content (AvgIpc) is 2.83. The SMILES string of the molecule is CC(=O)OCC(C)c1cc2c(c(OC(C)=O)c1OC(C)=O)CC1(O)CCCC(C)(C)C1CC2. The lowest BCUT2D eigenvalue weighted by Crippen LogP contribution is -2.50. The van der Waals surface area contributed by atoms with E-state index in [4.69, 9.17) is 14.2 Å². The van der Waals surface area contributed by atoms with Gasteiger partial charge in [0, 0.05) is 44.2 Å². The highest BCUT2D eigenvalue weighted by molar-refractivity contribution is 5.76. The van der Waals surface area contributed by atoms with Crippen LogP contribution < -0.4 is 9.47 Å². The summed E-state index contributed by atoms with van der Waals surface area (Å²) in [5.74, 6) is -1.34. The number of aliphatic hydroxyl groups is 1. The summed E-state index contributed by atoms with van der Waals surface area (Å²) in [4.78, 5) is 35.5. The highest BCUT2D eigenvalue weighted by Gasteiger charge is 2.50. The van der Waals surface area contributed by atoms with Crippen LogP contribution >= 0.6 is 0 Å². The number of hydrogen-bond acceptors (Lipinski definition) is 7. The Morgan fingerprint density at radius 3 is 2.30 bits per heavy atom. The van der Waals surface area contributed by atoms with E-state index in [0.717, 1.165) is 24.8 Å². The van der Waals surface area contributed by atoms with E-state index < -0.39 is 23.5 Å². The van der Waals surface area contributed by atoms with Crippen molar-refractivity contribution < 1.29 is 33.7 Å². The second-order valence-electron chi connectivity index (χ2n) is 10.4. The van der Waals surface area contributed by atoms with Crippen LogP contribution in [-0.4, -0.2) is 35.2 Å². The molecule has 0 aliphatic heterocycles. The zero-order valence-electron chi connectivity index (χ0n) is 20.6. The second-order valence-corrected chi connectivity index (χ2v) is 10.4. The standard InChI is InChI=1S/C26H36O7/c1-15(14-31-16(2)27)20-12-19-8-9-22-25(5,6)10-7-11-26(22,30)13-21(19)24(33-18(4)29)23(20)32-17(3)28/h12,15,22,30H,7-11,13-14H2,1-6H3. The molecule has 1 aromatic rings. The van der Waals surface area contributed by atoms with E-state index >= 15 is 0 Å². The molecule has 2 aliphatic rings. The van der Waals surface area contributed by atoms with Gasteiger partial charge in [0.25, 0.3) is 0 Å². The van der Waals surface area contributed by atoms with Gasteiger partial charge < -0.3 is 19.3 Å². The summed E-state index contributed by atoms with van der Waals surface area (Å²) in [5, 5.41) is 11.8. The maximum absolute atomic E-state index is 12.1. The third kappa shape index (κ3) is 5.40. The topological polar surface area (TPSA) is 99.1 Å². The van der Waals surface area contributed by atoms with Gasteiger partial charge in [-0.1, -0.05) is 33.3 Å². The van der Waals surface area contributed by atoms with Crippen LogP contribution in [0.15, 0.2) is 6.07 Å². The van der Waals surface area contributed by atoms with Crippen molar-refractivity contribution in [2.24, 2.45) is 11.3 Å². The summed E-state index contributed by atoms with van der Waals surface area (Å²) in [6, 6.07) is 1.96. The summed E-state index contributed by atoms with van der Waals surface area (Å²) in [5.41, 5.74) is 1.37. The fourth-order valence-electron chi connectivity index (χ4n) is 5.77. The molecule has 0 heterocycles. The lowest BCUT2D eigenvalue weighted by Gasteiger charge is -2.49. The van der Waals surface area contributed by atoms with Gasteiger partial charge >= 0.3 is 17.9 Å². The summed E-state index contributed by atoms with van der Waals surface area (Å²) in [7, 11) is 0. The molecule has 7 nitrogen and oxygen atoms in total. The van der Waals surface area contributed by atoms with Crippen molar-refractivity contribution in [2.75, 3.05) is 6.61 Å². The molecule has 1 saturated carbocycles. The molecule has 182 valence electrons. The molecule has 0 saturated heterocycles. The molecule has 7 heteroatoms. The van der Waals surface area contributed by atoms with Gasteiger partial charge in [0.1, 0.15) is 0 Å². The number of carbonyl (C=O) groups excluding carboxylic acids is 3. The first kappa shape index (κ1) is 25.2. The van der Waals surface area contributed by atoms with Crippen LogP contribution in [0.25, 0.3) is 0 Å². The number of ether oxygens (including phenoxy) is 3.